The van der Waals surface area contributed by atoms with Gasteiger partial charge in [0.05, 0.1) is 13.5 Å². The van der Waals surface area contributed by atoms with Crippen molar-refractivity contribution in [2.75, 3.05) is 12.4 Å². The van der Waals surface area contributed by atoms with Crippen LogP contribution in [-0.2, 0) is 17.0 Å². The lowest BCUT2D eigenvalue weighted by molar-refractivity contribution is -0.115. The van der Waals surface area contributed by atoms with E-state index in [-0.39, 0.29) is 12.3 Å². The topological polar surface area (TPSA) is 64.1 Å². The normalized spacial score (nSPS) is 10.4. The minimum absolute atomic E-state index is 0.139. The number of carbonyl (C=O) groups excluding carboxylic acids is 1. The zero-order valence-electron chi connectivity index (χ0n) is 13.6. The van der Waals surface area contributed by atoms with Crippen molar-refractivity contribution in [2.24, 2.45) is 0 Å². The summed E-state index contributed by atoms with van der Waals surface area (Å²) in [5.41, 5.74) is 2.06. The summed E-state index contributed by atoms with van der Waals surface area (Å²) in [7, 11) is 1.59. The van der Waals surface area contributed by atoms with E-state index >= 15 is 0 Å². The van der Waals surface area contributed by atoms with Gasteiger partial charge in [-0.25, -0.2) is 0 Å². The van der Waals surface area contributed by atoms with Crippen molar-refractivity contribution >= 4 is 34.1 Å². The highest BCUT2D eigenvalue weighted by Crippen LogP contribution is 2.28. The summed E-state index contributed by atoms with van der Waals surface area (Å²) in [4.78, 5) is 12.2. The second-order valence-electron chi connectivity index (χ2n) is 5.18. The fourth-order valence-corrected chi connectivity index (χ4v) is 3.95. The monoisotopic (exact) mass is 371 g/mol. The minimum atomic E-state index is -0.139. The fourth-order valence-electron chi connectivity index (χ4n) is 2.22. The minimum Gasteiger partial charge on any atom is -0.496 e. The third-order valence-electron chi connectivity index (χ3n) is 3.40. The van der Waals surface area contributed by atoms with Crippen molar-refractivity contribution in [3.8, 4) is 5.75 Å². The molecule has 0 fully saturated rings. The Morgan fingerprint density at radius 3 is 2.68 bits per heavy atom. The summed E-state index contributed by atoms with van der Waals surface area (Å²) >= 11 is 2.98. The number of anilines is 1. The van der Waals surface area contributed by atoms with Crippen LogP contribution in [0.2, 0.25) is 0 Å². The molecule has 0 saturated carbocycles. The van der Waals surface area contributed by atoms with Gasteiger partial charge in [0.25, 0.3) is 0 Å². The summed E-state index contributed by atoms with van der Waals surface area (Å²) in [6.07, 6.45) is 0.232. The van der Waals surface area contributed by atoms with Crippen LogP contribution in [0.5, 0.6) is 5.75 Å². The van der Waals surface area contributed by atoms with Gasteiger partial charge in [-0.05, 0) is 11.6 Å². The van der Waals surface area contributed by atoms with Gasteiger partial charge in [-0.15, -0.1) is 10.2 Å². The van der Waals surface area contributed by atoms with Crippen LogP contribution in [0.4, 0.5) is 5.13 Å². The summed E-state index contributed by atoms with van der Waals surface area (Å²) in [6, 6.07) is 17.6. The van der Waals surface area contributed by atoms with Gasteiger partial charge < -0.3 is 10.1 Å². The van der Waals surface area contributed by atoms with Crippen LogP contribution in [0.15, 0.2) is 58.9 Å². The van der Waals surface area contributed by atoms with E-state index in [2.05, 4.69) is 27.6 Å². The van der Waals surface area contributed by atoms with Crippen molar-refractivity contribution in [1.82, 2.24) is 10.2 Å². The molecule has 3 rings (SSSR count). The van der Waals surface area contributed by atoms with E-state index < -0.39 is 0 Å². The van der Waals surface area contributed by atoms with Gasteiger partial charge in [0, 0.05) is 11.3 Å². The van der Waals surface area contributed by atoms with Crippen molar-refractivity contribution in [1.29, 1.82) is 0 Å². The first-order chi connectivity index (χ1) is 12.2. The molecular formula is C18H17N3O2S2. The molecule has 5 nitrogen and oxygen atoms in total. The fraction of sp³-hybridized carbons (Fsp3) is 0.167. The number of amides is 1. The number of para-hydroxylation sites is 1. The Labute approximate surface area is 154 Å². The van der Waals surface area contributed by atoms with E-state index in [0.717, 1.165) is 15.7 Å². The summed E-state index contributed by atoms with van der Waals surface area (Å²) in [5, 5.41) is 11.5. The number of carbonyl (C=O) groups is 1. The standard InChI is InChI=1S/C18H17N3O2S2/c1-23-15-10-6-5-9-14(15)11-16(22)19-17-20-21-18(25-17)24-12-13-7-3-2-4-8-13/h2-10H,11-12H2,1H3,(H,19,20,22). The lowest BCUT2D eigenvalue weighted by Gasteiger charge is -2.07. The highest BCUT2D eigenvalue weighted by atomic mass is 32.2. The van der Waals surface area contributed by atoms with Crippen LogP contribution < -0.4 is 10.1 Å². The van der Waals surface area contributed by atoms with Gasteiger partial charge in [0.15, 0.2) is 4.34 Å². The SMILES string of the molecule is COc1ccccc1CC(=O)Nc1nnc(SCc2ccccc2)s1. The molecule has 0 bridgehead atoms. The average Bonchev–Trinajstić information content (AvgIpc) is 3.08. The first kappa shape index (κ1) is 17.4. The number of hydrogen-bond acceptors (Lipinski definition) is 6. The largest absolute Gasteiger partial charge is 0.496 e. The Kier molecular flexibility index (Phi) is 6.03. The Bertz CT molecular complexity index is 837. The molecular weight excluding hydrogens is 354 g/mol. The zero-order chi connectivity index (χ0) is 17.5. The zero-order valence-corrected chi connectivity index (χ0v) is 15.3. The molecule has 0 atom stereocenters. The molecule has 0 saturated heterocycles. The maximum absolute atomic E-state index is 12.2. The van der Waals surface area contributed by atoms with Crippen LogP contribution in [0.3, 0.4) is 0 Å². The molecule has 7 heteroatoms. The number of methoxy groups -OCH3 is 1. The second-order valence-corrected chi connectivity index (χ2v) is 7.38. The van der Waals surface area contributed by atoms with Gasteiger partial charge >= 0.3 is 0 Å². The summed E-state index contributed by atoms with van der Waals surface area (Å²) < 4.78 is 6.10. The molecule has 0 aliphatic heterocycles. The number of nitrogens with one attached hydrogen (secondary N) is 1. The number of benzene rings is 2. The maximum atomic E-state index is 12.2. The molecule has 1 amide bonds. The summed E-state index contributed by atoms with van der Waals surface area (Å²) in [5.74, 6) is 1.39. The molecule has 1 aromatic heterocycles. The van der Waals surface area contributed by atoms with Crippen LogP contribution in [0, 0.1) is 0 Å². The number of aromatic nitrogens is 2. The molecule has 0 unspecified atom stereocenters. The molecule has 0 aliphatic carbocycles. The number of thioether (sulfide) groups is 1. The van der Waals surface area contributed by atoms with Crippen molar-refractivity contribution in [2.45, 2.75) is 16.5 Å². The highest BCUT2D eigenvalue weighted by molar-refractivity contribution is 8.00. The molecule has 1 heterocycles. The number of rotatable bonds is 7. The van der Waals surface area contributed by atoms with E-state index in [9.17, 15) is 4.79 Å². The Hall–Kier alpha value is -2.38. The smallest absolute Gasteiger partial charge is 0.230 e. The lowest BCUT2D eigenvalue weighted by Crippen LogP contribution is -2.14. The number of nitrogens with zero attached hydrogens (tertiary/aromatic N) is 2. The quantitative estimate of drug-likeness (QED) is 0.502. The van der Waals surface area contributed by atoms with Crippen LogP contribution in [0.1, 0.15) is 11.1 Å². The predicted octanol–water partition coefficient (Wildman–Crippen LogP) is 4.02. The second kappa shape index (κ2) is 8.64. The lowest BCUT2D eigenvalue weighted by atomic mass is 10.1. The van der Waals surface area contributed by atoms with E-state index in [1.807, 2.05) is 42.5 Å². The molecule has 0 radical (unpaired) electrons. The van der Waals surface area contributed by atoms with Gasteiger partial charge in [0.1, 0.15) is 5.75 Å². The van der Waals surface area contributed by atoms with Crippen LogP contribution in [0.25, 0.3) is 0 Å². The number of ether oxygens (including phenoxy) is 1. The van der Waals surface area contributed by atoms with E-state index in [4.69, 9.17) is 4.74 Å². The van der Waals surface area contributed by atoms with Crippen molar-refractivity contribution in [3.05, 3.63) is 65.7 Å². The summed E-state index contributed by atoms with van der Waals surface area (Å²) in [6.45, 7) is 0. The average molecular weight is 371 g/mol. The van der Waals surface area contributed by atoms with E-state index in [1.54, 1.807) is 18.9 Å². The Morgan fingerprint density at radius 1 is 1.12 bits per heavy atom. The molecule has 0 aliphatic rings. The molecule has 128 valence electrons. The highest BCUT2D eigenvalue weighted by Gasteiger charge is 2.11. The number of hydrogen-bond donors (Lipinski definition) is 1. The molecule has 1 N–H and O–H groups in total. The maximum Gasteiger partial charge on any atom is 0.230 e. The third kappa shape index (κ3) is 5.04. The van der Waals surface area contributed by atoms with Crippen molar-refractivity contribution in [3.63, 3.8) is 0 Å². The van der Waals surface area contributed by atoms with Crippen molar-refractivity contribution < 1.29 is 9.53 Å². The van der Waals surface area contributed by atoms with Crippen LogP contribution in [-0.4, -0.2) is 23.2 Å². The third-order valence-corrected chi connectivity index (χ3v) is 5.44. The first-order valence-electron chi connectivity index (χ1n) is 7.66. The van der Waals surface area contributed by atoms with Gasteiger partial charge in [0.2, 0.25) is 11.0 Å². The first-order valence-corrected chi connectivity index (χ1v) is 9.47. The van der Waals surface area contributed by atoms with Gasteiger partial charge in [-0.3, -0.25) is 4.79 Å². The van der Waals surface area contributed by atoms with E-state index in [0.29, 0.717) is 10.9 Å². The van der Waals surface area contributed by atoms with Gasteiger partial charge in [-0.1, -0.05) is 71.6 Å². The molecule has 0 spiro atoms. The molecule has 2 aromatic carbocycles. The molecule has 3 aromatic rings. The van der Waals surface area contributed by atoms with E-state index in [1.165, 1.54) is 16.9 Å². The Morgan fingerprint density at radius 2 is 1.88 bits per heavy atom. The predicted molar refractivity (Wildman–Crippen MR) is 101 cm³/mol. The van der Waals surface area contributed by atoms with Gasteiger partial charge in [-0.2, -0.15) is 0 Å². The van der Waals surface area contributed by atoms with Crippen LogP contribution >= 0.6 is 23.1 Å². The Balaban J connectivity index is 1.55. The molecule has 25 heavy (non-hydrogen) atoms.